The van der Waals surface area contributed by atoms with Crippen molar-refractivity contribution in [1.82, 2.24) is 10.3 Å². The van der Waals surface area contributed by atoms with Crippen molar-refractivity contribution in [3.63, 3.8) is 0 Å². The topological polar surface area (TPSA) is 57.3 Å². The highest BCUT2D eigenvalue weighted by atomic mass is 16.2. The van der Waals surface area contributed by atoms with E-state index in [0.29, 0.717) is 0 Å². The minimum absolute atomic E-state index is 0.100. The highest BCUT2D eigenvalue weighted by Crippen LogP contribution is 2.30. The Bertz CT molecular complexity index is 505. The Kier molecular flexibility index (Phi) is 4.10. The summed E-state index contributed by atoms with van der Waals surface area (Å²) in [5.41, 5.74) is 0.521. The van der Waals surface area contributed by atoms with Gasteiger partial charge in [-0.3, -0.25) is 4.79 Å². The van der Waals surface area contributed by atoms with Gasteiger partial charge in [0.05, 0.1) is 11.1 Å². The normalized spacial score (nSPS) is 25.9. The molecule has 3 heterocycles. The van der Waals surface area contributed by atoms with E-state index in [4.69, 9.17) is 0 Å². The maximum absolute atomic E-state index is 12.7. The van der Waals surface area contributed by atoms with E-state index in [9.17, 15) is 4.79 Å². The highest BCUT2D eigenvalue weighted by Gasteiger charge is 2.35. The van der Waals surface area contributed by atoms with Gasteiger partial charge in [-0.05, 0) is 51.3 Å². The maximum Gasteiger partial charge on any atom is 0.231 e. The lowest BCUT2D eigenvalue weighted by Crippen LogP contribution is -2.46. The fraction of sp³-hybridized carbons (Fsp3) is 0.625. The number of nitrogens with zero attached hydrogens (tertiary/aromatic N) is 2. The van der Waals surface area contributed by atoms with E-state index in [2.05, 4.69) is 20.5 Å². The number of nitrogens with one attached hydrogen (secondary N) is 2. The summed E-state index contributed by atoms with van der Waals surface area (Å²) in [6, 6.07) is 3.84. The third-order valence-electron chi connectivity index (χ3n) is 4.59. The Morgan fingerprint density at radius 2 is 2.19 bits per heavy atom. The predicted octanol–water partition coefficient (Wildman–Crippen LogP) is 2.01. The number of carbonyl (C=O) groups excluding carboxylic acids is 1. The molecule has 0 aromatic carbocycles. The molecule has 0 aliphatic carbocycles. The average Bonchev–Trinajstić information content (AvgIpc) is 3.02. The number of anilines is 2. The quantitative estimate of drug-likeness (QED) is 0.893. The molecule has 1 unspecified atom stereocenters. The van der Waals surface area contributed by atoms with Crippen molar-refractivity contribution in [2.24, 2.45) is 5.41 Å². The molecular weight excluding hydrogens is 264 g/mol. The van der Waals surface area contributed by atoms with Gasteiger partial charge < -0.3 is 15.5 Å². The van der Waals surface area contributed by atoms with Gasteiger partial charge in [-0.1, -0.05) is 0 Å². The minimum atomic E-state index is -0.323. The monoisotopic (exact) mass is 288 g/mol. The molecule has 0 saturated carbocycles. The first-order valence-corrected chi connectivity index (χ1v) is 7.91. The standard InChI is InChI=1S/C16H24N4O/c1-16(7-5-8-17-12-16)15(21)19-13-6-4-9-18-14(13)20-10-2-3-11-20/h4,6,9,17H,2-3,5,7-8,10-12H2,1H3,(H,19,21). The third kappa shape index (κ3) is 3.02. The first kappa shape index (κ1) is 14.3. The van der Waals surface area contributed by atoms with E-state index < -0.39 is 0 Å². The second-order valence-corrected chi connectivity index (χ2v) is 6.36. The van der Waals surface area contributed by atoms with Gasteiger partial charge in [0, 0.05) is 25.8 Å². The van der Waals surface area contributed by atoms with E-state index in [-0.39, 0.29) is 11.3 Å². The first-order chi connectivity index (χ1) is 10.2. The highest BCUT2D eigenvalue weighted by molar-refractivity contribution is 5.97. The molecule has 2 fully saturated rings. The molecule has 2 aliphatic rings. The van der Waals surface area contributed by atoms with Crippen molar-refractivity contribution in [1.29, 1.82) is 0 Å². The molecule has 3 rings (SSSR count). The molecule has 1 aromatic heterocycles. The van der Waals surface area contributed by atoms with Crippen LogP contribution in [0.1, 0.15) is 32.6 Å². The van der Waals surface area contributed by atoms with Gasteiger partial charge in [-0.25, -0.2) is 4.98 Å². The van der Waals surface area contributed by atoms with E-state index >= 15 is 0 Å². The van der Waals surface area contributed by atoms with Gasteiger partial charge in [0.1, 0.15) is 0 Å². The van der Waals surface area contributed by atoms with Crippen LogP contribution >= 0.6 is 0 Å². The van der Waals surface area contributed by atoms with Gasteiger partial charge in [0.2, 0.25) is 5.91 Å². The third-order valence-corrected chi connectivity index (χ3v) is 4.59. The Morgan fingerprint density at radius 3 is 2.90 bits per heavy atom. The number of aromatic nitrogens is 1. The van der Waals surface area contributed by atoms with Crippen molar-refractivity contribution in [2.75, 3.05) is 36.4 Å². The number of rotatable bonds is 3. The van der Waals surface area contributed by atoms with Crippen molar-refractivity contribution in [3.8, 4) is 0 Å². The lowest BCUT2D eigenvalue weighted by molar-refractivity contribution is -0.125. The number of hydrogen-bond donors (Lipinski definition) is 2. The SMILES string of the molecule is CC1(C(=O)Nc2cccnc2N2CCCC2)CCCNC1. The molecule has 0 radical (unpaired) electrons. The van der Waals surface area contributed by atoms with E-state index in [1.165, 1.54) is 12.8 Å². The molecule has 5 heteroatoms. The summed E-state index contributed by atoms with van der Waals surface area (Å²) in [5.74, 6) is 1.01. The van der Waals surface area contributed by atoms with Gasteiger partial charge in [0.25, 0.3) is 0 Å². The number of piperidine rings is 1. The van der Waals surface area contributed by atoms with E-state index in [1.807, 2.05) is 19.1 Å². The predicted molar refractivity (Wildman–Crippen MR) is 84.5 cm³/mol. The van der Waals surface area contributed by atoms with Crippen molar-refractivity contribution < 1.29 is 4.79 Å². The summed E-state index contributed by atoms with van der Waals surface area (Å²) in [6.45, 7) is 5.85. The van der Waals surface area contributed by atoms with Crippen LogP contribution in [0.5, 0.6) is 0 Å². The van der Waals surface area contributed by atoms with Crippen LogP contribution in [0, 0.1) is 5.41 Å². The van der Waals surface area contributed by atoms with Gasteiger partial charge >= 0.3 is 0 Å². The summed E-state index contributed by atoms with van der Waals surface area (Å²) < 4.78 is 0. The Hall–Kier alpha value is -1.62. The van der Waals surface area contributed by atoms with Crippen LogP contribution in [0.3, 0.4) is 0 Å². The Labute approximate surface area is 126 Å². The lowest BCUT2D eigenvalue weighted by atomic mass is 9.82. The first-order valence-electron chi connectivity index (χ1n) is 7.91. The Morgan fingerprint density at radius 1 is 1.38 bits per heavy atom. The van der Waals surface area contributed by atoms with Crippen LogP contribution in [0.2, 0.25) is 0 Å². The summed E-state index contributed by atoms with van der Waals surface area (Å²) in [5, 5.41) is 6.44. The number of carbonyl (C=O) groups is 1. The van der Waals surface area contributed by atoms with Gasteiger partial charge in [-0.15, -0.1) is 0 Å². The second-order valence-electron chi connectivity index (χ2n) is 6.36. The van der Waals surface area contributed by atoms with Crippen molar-refractivity contribution in [3.05, 3.63) is 18.3 Å². The summed E-state index contributed by atoms with van der Waals surface area (Å²) in [7, 11) is 0. The van der Waals surface area contributed by atoms with Crippen LogP contribution < -0.4 is 15.5 Å². The molecule has 21 heavy (non-hydrogen) atoms. The molecule has 2 N–H and O–H groups in total. The van der Waals surface area contributed by atoms with Crippen LogP contribution in [0.4, 0.5) is 11.5 Å². The van der Waals surface area contributed by atoms with Crippen molar-refractivity contribution >= 4 is 17.4 Å². The molecule has 2 saturated heterocycles. The summed E-state index contributed by atoms with van der Waals surface area (Å²) in [6.07, 6.45) is 6.19. The number of amides is 1. The summed E-state index contributed by atoms with van der Waals surface area (Å²) in [4.78, 5) is 19.4. The van der Waals surface area contributed by atoms with Gasteiger partial charge in [-0.2, -0.15) is 0 Å². The fourth-order valence-corrected chi connectivity index (χ4v) is 3.20. The fourth-order valence-electron chi connectivity index (χ4n) is 3.20. The van der Waals surface area contributed by atoms with Crippen LogP contribution in [-0.4, -0.2) is 37.1 Å². The number of hydrogen-bond acceptors (Lipinski definition) is 4. The lowest BCUT2D eigenvalue weighted by Gasteiger charge is -2.33. The minimum Gasteiger partial charge on any atom is -0.355 e. The molecule has 0 bridgehead atoms. The molecule has 114 valence electrons. The summed E-state index contributed by atoms with van der Waals surface area (Å²) >= 11 is 0. The molecule has 5 nitrogen and oxygen atoms in total. The van der Waals surface area contributed by atoms with Crippen molar-refractivity contribution in [2.45, 2.75) is 32.6 Å². The largest absolute Gasteiger partial charge is 0.355 e. The second kappa shape index (κ2) is 6.02. The Balaban J connectivity index is 1.76. The average molecular weight is 288 g/mol. The molecule has 1 amide bonds. The maximum atomic E-state index is 12.7. The molecule has 1 aromatic rings. The van der Waals surface area contributed by atoms with Crippen LogP contribution in [-0.2, 0) is 4.79 Å². The molecule has 1 atom stereocenters. The smallest absolute Gasteiger partial charge is 0.231 e. The zero-order valence-electron chi connectivity index (χ0n) is 12.7. The van der Waals surface area contributed by atoms with Crippen LogP contribution in [0.25, 0.3) is 0 Å². The van der Waals surface area contributed by atoms with E-state index in [1.54, 1.807) is 6.20 Å². The van der Waals surface area contributed by atoms with E-state index in [0.717, 1.165) is 50.5 Å². The zero-order chi connectivity index (χ0) is 14.7. The molecular formula is C16H24N4O. The van der Waals surface area contributed by atoms with Gasteiger partial charge in [0.15, 0.2) is 5.82 Å². The van der Waals surface area contributed by atoms with Crippen LogP contribution in [0.15, 0.2) is 18.3 Å². The number of pyridine rings is 1. The molecule has 2 aliphatic heterocycles. The molecule has 0 spiro atoms. The zero-order valence-corrected chi connectivity index (χ0v) is 12.7.